The van der Waals surface area contributed by atoms with Crippen molar-refractivity contribution in [2.45, 2.75) is 31.8 Å². The second-order valence-corrected chi connectivity index (χ2v) is 6.74. The van der Waals surface area contributed by atoms with Crippen molar-refractivity contribution in [1.82, 2.24) is 13.9 Å². The van der Waals surface area contributed by atoms with Gasteiger partial charge in [-0.1, -0.05) is 6.92 Å². The van der Waals surface area contributed by atoms with Gasteiger partial charge in [0.2, 0.25) is 0 Å². The molecule has 0 saturated heterocycles. The zero-order valence-corrected chi connectivity index (χ0v) is 13.5. The van der Waals surface area contributed by atoms with Crippen LogP contribution in [0, 0.1) is 6.92 Å². The zero-order chi connectivity index (χ0) is 14.5. The van der Waals surface area contributed by atoms with Crippen molar-refractivity contribution < 1.29 is 8.42 Å². The maximum atomic E-state index is 12.4. The van der Waals surface area contributed by atoms with Crippen LogP contribution in [0.15, 0.2) is 11.2 Å². The minimum Gasteiger partial charge on any atom is -0.334 e. The van der Waals surface area contributed by atoms with Crippen LogP contribution in [0.2, 0.25) is 0 Å². The highest BCUT2D eigenvalue weighted by atomic mass is 35.5. The van der Waals surface area contributed by atoms with Crippen LogP contribution < -0.4 is 0 Å². The quantitative estimate of drug-likeness (QED) is 0.687. The lowest BCUT2D eigenvalue weighted by atomic mass is 10.5. The lowest BCUT2D eigenvalue weighted by Gasteiger charge is -2.18. The Balaban J connectivity index is 3.06. The van der Waals surface area contributed by atoms with E-state index in [1.165, 1.54) is 4.31 Å². The summed E-state index contributed by atoms with van der Waals surface area (Å²) in [5.74, 6) is 1.15. The van der Waals surface area contributed by atoms with Gasteiger partial charge < -0.3 is 4.57 Å². The van der Waals surface area contributed by atoms with E-state index in [-0.39, 0.29) is 29.9 Å². The Bertz CT molecular complexity index is 496. The van der Waals surface area contributed by atoms with E-state index in [1.807, 2.05) is 11.5 Å². The molecule has 0 fully saturated rings. The second-order valence-electron chi connectivity index (χ2n) is 4.10. The molecule has 1 aromatic heterocycles. The van der Waals surface area contributed by atoms with Crippen molar-refractivity contribution in [2.24, 2.45) is 0 Å². The molecule has 1 rings (SSSR count). The molecule has 0 N–H and O–H groups in total. The fraction of sp³-hybridized carbons (Fsp3) is 0.727. The molecule has 0 bridgehead atoms. The predicted octanol–water partition coefficient (Wildman–Crippen LogP) is 2.07. The van der Waals surface area contributed by atoms with E-state index in [9.17, 15) is 8.42 Å². The number of hydrogen-bond acceptors (Lipinski definition) is 3. The van der Waals surface area contributed by atoms with Gasteiger partial charge >= 0.3 is 0 Å². The number of nitrogens with zero attached hydrogens (tertiary/aromatic N) is 3. The number of hydrogen-bond donors (Lipinski definition) is 0. The lowest BCUT2D eigenvalue weighted by molar-refractivity contribution is 0.446. The highest BCUT2D eigenvalue weighted by Gasteiger charge is 2.26. The number of imidazole rings is 1. The molecule has 0 aliphatic rings. The number of sulfonamides is 1. The SMILES string of the molecule is CCCn1cc(S(=O)(=O)N(CCCl)CCCl)nc1C. The Morgan fingerprint density at radius 3 is 2.37 bits per heavy atom. The van der Waals surface area contributed by atoms with Crippen LogP contribution in [0.25, 0.3) is 0 Å². The van der Waals surface area contributed by atoms with E-state index >= 15 is 0 Å². The molecular formula is C11H19Cl2N3O2S. The van der Waals surface area contributed by atoms with Gasteiger partial charge in [0.25, 0.3) is 10.0 Å². The summed E-state index contributed by atoms with van der Waals surface area (Å²) in [7, 11) is -3.61. The number of aryl methyl sites for hydroxylation is 2. The summed E-state index contributed by atoms with van der Waals surface area (Å²) in [6.07, 6.45) is 2.49. The lowest BCUT2D eigenvalue weighted by Crippen LogP contribution is -2.34. The molecule has 0 aliphatic carbocycles. The zero-order valence-electron chi connectivity index (χ0n) is 11.1. The average molecular weight is 328 g/mol. The molecule has 0 aromatic carbocycles. The number of alkyl halides is 2. The van der Waals surface area contributed by atoms with Crippen molar-refractivity contribution in [1.29, 1.82) is 0 Å². The third-order valence-electron chi connectivity index (χ3n) is 2.69. The molecule has 8 heteroatoms. The Hall–Kier alpha value is -0.300. The third kappa shape index (κ3) is 4.08. The number of halogens is 2. The molecule has 19 heavy (non-hydrogen) atoms. The Morgan fingerprint density at radius 2 is 1.89 bits per heavy atom. The van der Waals surface area contributed by atoms with Crippen molar-refractivity contribution in [3.63, 3.8) is 0 Å². The normalized spacial score (nSPS) is 12.3. The summed E-state index contributed by atoms with van der Waals surface area (Å²) in [6.45, 7) is 5.04. The minimum atomic E-state index is -3.61. The van der Waals surface area contributed by atoms with Crippen molar-refractivity contribution >= 4 is 33.2 Å². The molecule has 5 nitrogen and oxygen atoms in total. The van der Waals surface area contributed by atoms with Crippen molar-refractivity contribution in [3.8, 4) is 0 Å². The summed E-state index contributed by atoms with van der Waals surface area (Å²) < 4.78 is 27.9. The molecule has 0 radical (unpaired) electrons. The van der Waals surface area contributed by atoms with Gasteiger partial charge in [-0.3, -0.25) is 0 Å². The largest absolute Gasteiger partial charge is 0.334 e. The molecular weight excluding hydrogens is 309 g/mol. The molecule has 0 atom stereocenters. The molecule has 110 valence electrons. The van der Waals surface area contributed by atoms with E-state index < -0.39 is 10.0 Å². The van der Waals surface area contributed by atoms with Crippen LogP contribution in [0.5, 0.6) is 0 Å². The van der Waals surface area contributed by atoms with Crippen LogP contribution in [-0.2, 0) is 16.6 Å². The molecule has 0 spiro atoms. The first kappa shape index (κ1) is 16.8. The maximum Gasteiger partial charge on any atom is 0.262 e. The van der Waals surface area contributed by atoms with Crippen LogP contribution in [0.3, 0.4) is 0 Å². The predicted molar refractivity (Wildman–Crippen MR) is 77.5 cm³/mol. The van der Waals surface area contributed by atoms with Gasteiger partial charge in [-0.2, -0.15) is 4.31 Å². The summed E-state index contributed by atoms with van der Waals surface area (Å²) in [5.41, 5.74) is 0. The van der Waals surface area contributed by atoms with Gasteiger partial charge in [-0.15, -0.1) is 23.2 Å². The summed E-state index contributed by atoms with van der Waals surface area (Å²) >= 11 is 11.3. The standard InChI is InChI=1S/C11H19Cl2N3O2S/c1-3-6-15-9-11(14-10(15)2)19(17,18)16(7-4-12)8-5-13/h9H,3-8H2,1-2H3. The van der Waals surface area contributed by atoms with Crippen molar-refractivity contribution in [3.05, 3.63) is 12.0 Å². The van der Waals surface area contributed by atoms with E-state index in [2.05, 4.69) is 4.98 Å². The number of aromatic nitrogens is 2. The first-order chi connectivity index (χ1) is 8.97. The average Bonchev–Trinajstić information content (AvgIpc) is 2.72. The monoisotopic (exact) mass is 327 g/mol. The first-order valence-corrected chi connectivity index (χ1v) is 8.64. The fourth-order valence-corrected chi connectivity index (χ4v) is 3.79. The fourth-order valence-electron chi connectivity index (χ4n) is 1.74. The van der Waals surface area contributed by atoms with Gasteiger partial charge in [0.05, 0.1) is 0 Å². The van der Waals surface area contributed by atoms with E-state index in [0.717, 1.165) is 13.0 Å². The Morgan fingerprint density at radius 1 is 1.32 bits per heavy atom. The highest BCUT2D eigenvalue weighted by molar-refractivity contribution is 7.89. The van der Waals surface area contributed by atoms with Gasteiger partial charge in [0.15, 0.2) is 5.03 Å². The van der Waals surface area contributed by atoms with Gasteiger partial charge in [0.1, 0.15) is 5.82 Å². The molecule has 0 amide bonds. The van der Waals surface area contributed by atoms with Crippen LogP contribution in [0.4, 0.5) is 0 Å². The Labute approximate surface area is 124 Å². The van der Waals surface area contributed by atoms with E-state index in [1.54, 1.807) is 13.1 Å². The highest BCUT2D eigenvalue weighted by Crippen LogP contribution is 2.16. The minimum absolute atomic E-state index is 0.0636. The first-order valence-electron chi connectivity index (χ1n) is 6.13. The molecule has 0 saturated carbocycles. The third-order valence-corrected chi connectivity index (χ3v) is 4.80. The van der Waals surface area contributed by atoms with Crippen LogP contribution in [0.1, 0.15) is 19.2 Å². The van der Waals surface area contributed by atoms with E-state index in [4.69, 9.17) is 23.2 Å². The number of rotatable bonds is 8. The molecule has 0 unspecified atom stereocenters. The second kappa shape index (κ2) is 7.47. The van der Waals surface area contributed by atoms with Gasteiger partial charge in [-0.05, 0) is 13.3 Å². The smallest absolute Gasteiger partial charge is 0.262 e. The molecule has 0 aliphatic heterocycles. The van der Waals surface area contributed by atoms with Crippen LogP contribution >= 0.6 is 23.2 Å². The summed E-state index contributed by atoms with van der Waals surface area (Å²) in [6, 6.07) is 0. The van der Waals surface area contributed by atoms with E-state index in [0.29, 0.717) is 5.82 Å². The maximum absolute atomic E-state index is 12.4. The summed E-state index contributed by atoms with van der Waals surface area (Å²) in [4.78, 5) is 4.13. The topological polar surface area (TPSA) is 55.2 Å². The summed E-state index contributed by atoms with van der Waals surface area (Å²) in [5, 5.41) is 0.0636. The Kier molecular flexibility index (Phi) is 6.59. The van der Waals surface area contributed by atoms with Gasteiger partial charge in [-0.25, -0.2) is 13.4 Å². The molecule has 1 aromatic rings. The van der Waals surface area contributed by atoms with Crippen LogP contribution in [-0.4, -0.2) is 47.1 Å². The van der Waals surface area contributed by atoms with Crippen molar-refractivity contribution in [2.75, 3.05) is 24.8 Å². The van der Waals surface area contributed by atoms with Gasteiger partial charge in [0, 0.05) is 37.6 Å². The molecule has 1 heterocycles.